The van der Waals surface area contributed by atoms with E-state index in [-0.39, 0.29) is 12.0 Å². The van der Waals surface area contributed by atoms with Crippen LogP contribution in [-0.4, -0.2) is 5.11 Å². The number of hydrogen-bond acceptors (Lipinski definition) is 1. The van der Waals surface area contributed by atoms with Crippen molar-refractivity contribution in [2.24, 2.45) is 0 Å². The Bertz CT molecular complexity index is 640. The van der Waals surface area contributed by atoms with Crippen LogP contribution in [0.3, 0.4) is 0 Å². The second-order valence-electron chi connectivity index (χ2n) is 4.58. The van der Waals surface area contributed by atoms with Gasteiger partial charge in [0.05, 0.1) is 11.7 Å². The van der Waals surface area contributed by atoms with Gasteiger partial charge in [-0.25, -0.2) is 4.39 Å². The Balaban J connectivity index is 2.21. The van der Waals surface area contributed by atoms with Gasteiger partial charge in [0.15, 0.2) is 0 Å². The zero-order chi connectivity index (χ0) is 15.6. The largest absolute Gasteiger partial charge is 0.416 e. The molecule has 0 saturated heterocycles. The third kappa shape index (κ3) is 4.04. The molecule has 0 spiro atoms. The first-order chi connectivity index (χ1) is 9.77. The monoisotopic (exact) mass is 362 g/mol. The van der Waals surface area contributed by atoms with Crippen molar-refractivity contribution in [3.63, 3.8) is 0 Å². The van der Waals surface area contributed by atoms with Gasteiger partial charge in [0.1, 0.15) is 5.82 Å². The summed E-state index contributed by atoms with van der Waals surface area (Å²) in [6, 6.07) is 8.81. The first kappa shape index (κ1) is 16.0. The van der Waals surface area contributed by atoms with E-state index in [9.17, 15) is 22.7 Å². The van der Waals surface area contributed by atoms with Gasteiger partial charge in [-0.1, -0.05) is 40.2 Å². The van der Waals surface area contributed by atoms with Gasteiger partial charge < -0.3 is 5.11 Å². The van der Waals surface area contributed by atoms with E-state index in [1.165, 1.54) is 24.3 Å². The molecule has 0 aromatic heterocycles. The molecule has 0 radical (unpaired) electrons. The fourth-order valence-electron chi connectivity index (χ4n) is 1.98. The Hall–Kier alpha value is -1.40. The Morgan fingerprint density at radius 3 is 2.43 bits per heavy atom. The maximum atomic E-state index is 13.7. The van der Waals surface area contributed by atoms with Crippen LogP contribution in [0.25, 0.3) is 0 Å². The van der Waals surface area contributed by atoms with Crippen molar-refractivity contribution in [2.45, 2.75) is 18.7 Å². The van der Waals surface area contributed by atoms with Gasteiger partial charge >= 0.3 is 6.18 Å². The van der Waals surface area contributed by atoms with Crippen LogP contribution in [0, 0.1) is 5.82 Å². The van der Waals surface area contributed by atoms with Gasteiger partial charge in [-0.15, -0.1) is 0 Å². The Morgan fingerprint density at radius 1 is 1.10 bits per heavy atom. The number of benzene rings is 2. The molecule has 1 unspecified atom stereocenters. The molecule has 6 heteroatoms. The molecular formula is C15H11BrF4O. The van der Waals surface area contributed by atoms with Crippen molar-refractivity contribution in [2.75, 3.05) is 0 Å². The highest BCUT2D eigenvalue weighted by molar-refractivity contribution is 9.10. The normalized spacial score (nSPS) is 13.2. The van der Waals surface area contributed by atoms with Gasteiger partial charge in [0.25, 0.3) is 0 Å². The summed E-state index contributed by atoms with van der Waals surface area (Å²) in [5, 5.41) is 10.0. The molecule has 0 aliphatic rings. The van der Waals surface area contributed by atoms with Crippen molar-refractivity contribution in [1.82, 2.24) is 0 Å². The van der Waals surface area contributed by atoms with E-state index in [4.69, 9.17) is 0 Å². The zero-order valence-corrected chi connectivity index (χ0v) is 12.2. The van der Waals surface area contributed by atoms with Crippen LogP contribution in [0.1, 0.15) is 22.8 Å². The third-order valence-corrected chi connectivity index (χ3v) is 3.50. The molecule has 0 heterocycles. The van der Waals surface area contributed by atoms with Crippen molar-refractivity contribution in [3.05, 3.63) is 69.4 Å². The molecule has 2 aromatic carbocycles. The maximum Gasteiger partial charge on any atom is 0.416 e. The lowest BCUT2D eigenvalue weighted by atomic mass is 9.99. The topological polar surface area (TPSA) is 20.2 Å². The van der Waals surface area contributed by atoms with Crippen LogP contribution in [-0.2, 0) is 12.6 Å². The van der Waals surface area contributed by atoms with E-state index >= 15 is 0 Å². The molecule has 112 valence electrons. The first-order valence-electron chi connectivity index (χ1n) is 6.06. The van der Waals surface area contributed by atoms with Gasteiger partial charge in [0, 0.05) is 16.5 Å². The predicted molar refractivity (Wildman–Crippen MR) is 74.2 cm³/mol. The van der Waals surface area contributed by atoms with Crippen LogP contribution in [0.2, 0.25) is 0 Å². The lowest BCUT2D eigenvalue weighted by molar-refractivity contribution is -0.137. The highest BCUT2D eigenvalue weighted by Gasteiger charge is 2.30. The lowest BCUT2D eigenvalue weighted by Crippen LogP contribution is -2.08. The van der Waals surface area contributed by atoms with Gasteiger partial charge in [-0.05, 0) is 23.8 Å². The third-order valence-electron chi connectivity index (χ3n) is 3.00. The highest BCUT2D eigenvalue weighted by atomic mass is 79.9. The number of aliphatic hydroxyl groups is 1. The zero-order valence-electron chi connectivity index (χ0n) is 10.7. The summed E-state index contributed by atoms with van der Waals surface area (Å²) in [6.07, 6.45) is -5.74. The van der Waals surface area contributed by atoms with Crippen LogP contribution in [0.5, 0.6) is 0 Å². The fraction of sp³-hybridized carbons (Fsp3) is 0.200. The highest BCUT2D eigenvalue weighted by Crippen LogP contribution is 2.31. The van der Waals surface area contributed by atoms with E-state index in [1.54, 1.807) is 6.07 Å². The molecule has 2 aromatic rings. The first-order valence-corrected chi connectivity index (χ1v) is 6.86. The fourth-order valence-corrected chi connectivity index (χ4v) is 2.31. The van der Waals surface area contributed by atoms with Crippen LogP contribution < -0.4 is 0 Å². The maximum absolute atomic E-state index is 13.7. The molecule has 1 N–H and O–H groups in total. The average molecular weight is 363 g/mol. The van der Waals surface area contributed by atoms with Crippen molar-refractivity contribution < 1.29 is 22.7 Å². The summed E-state index contributed by atoms with van der Waals surface area (Å²) in [6.45, 7) is 0. The van der Waals surface area contributed by atoms with E-state index in [0.29, 0.717) is 10.0 Å². The standard InChI is InChI=1S/C15H11BrF4O/c16-11-4-5-12(13(17)8-11)14(21)7-9-2-1-3-10(6-9)15(18,19)20/h1-6,8,14,21H,7H2. The number of aliphatic hydroxyl groups excluding tert-OH is 1. The molecule has 0 fully saturated rings. The molecule has 0 bridgehead atoms. The number of alkyl halides is 3. The van der Waals surface area contributed by atoms with E-state index in [0.717, 1.165) is 12.1 Å². The average Bonchev–Trinajstić information content (AvgIpc) is 2.37. The minimum atomic E-state index is -4.44. The predicted octanol–water partition coefficient (Wildman–Crippen LogP) is 4.88. The summed E-state index contributed by atoms with van der Waals surface area (Å²) in [7, 11) is 0. The minimum absolute atomic E-state index is 0.0515. The van der Waals surface area contributed by atoms with Crippen LogP contribution in [0.15, 0.2) is 46.9 Å². The molecule has 1 nitrogen and oxygen atoms in total. The molecule has 0 amide bonds. The number of hydrogen-bond donors (Lipinski definition) is 1. The molecule has 0 saturated carbocycles. The molecule has 0 aliphatic heterocycles. The molecule has 0 aliphatic carbocycles. The van der Waals surface area contributed by atoms with Gasteiger partial charge in [-0.2, -0.15) is 13.2 Å². The van der Waals surface area contributed by atoms with Crippen molar-refractivity contribution in [1.29, 1.82) is 0 Å². The number of halogens is 5. The lowest BCUT2D eigenvalue weighted by Gasteiger charge is -2.14. The quantitative estimate of drug-likeness (QED) is 0.771. The minimum Gasteiger partial charge on any atom is -0.388 e. The van der Waals surface area contributed by atoms with Gasteiger partial charge in [0.2, 0.25) is 0 Å². The smallest absolute Gasteiger partial charge is 0.388 e. The Morgan fingerprint density at radius 2 is 1.81 bits per heavy atom. The molecule has 2 rings (SSSR count). The second-order valence-corrected chi connectivity index (χ2v) is 5.50. The summed E-state index contributed by atoms with van der Waals surface area (Å²) >= 11 is 3.10. The SMILES string of the molecule is OC(Cc1cccc(C(F)(F)F)c1)c1ccc(Br)cc1F. The second kappa shape index (κ2) is 6.15. The summed E-state index contributed by atoms with van der Waals surface area (Å²) in [5.74, 6) is -0.608. The summed E-state index contributed by atoms with van der Waals surface area (Å²) in [5.41, 5.74) is -0.446. The van der Waals surface area contributed by atoms with Crippen LogP contribution in [0.4, 0.5) is 17.6 Å². The van der Waals surface area contributed by atoms with Gasteiger partial charge in [-0.3, -0.25) is 0 Å². The Labute approximate surface area is 127 Å². The van der Waals surface area contributed by atoms with Crippen LogP contribution >= 0.6 is 15.9 Å². The van der Waals surface area contributed by atoms with E-state index in [1.807, 2.05) is 0 Å². The van der Waals surface area contributed by atoms with E-state index < -0.39 is 23.7 Å². The summed E-state index contributed by atoms with van der Waals surface area (Å²) in [4.78, 5) is 0. The Kier molecular flexibility index (Phi) is 4.68. The molecule has 1 atom stereocenters. The van der Waals surface area contributed by atoms with Crippen molar-refractivity contribution >= 4 is 15.9 Å². The molecular weight excluding hydrogens is 352 g/mol. The van der Waals surface area contributed by atoms with Crippen molar-refractivity contribution in [3.8, 4) is 0 Å². The number of rotatable bonds is 3. The molecule has 21 heavy (non-hydrogen) atoms. The van der Waals surface area contributed by atoms with E-state index in [2.05, 4.69) is 15.9 Å². The summed E-state index contributed by atoms with van der Waals surface area (Å²) < 4.78 is 52.1.